The lowest BCUT2D eigenvalue weighted by Crippen LogP contribution is -2.41. The molecular weight excluding hydrogens is 182 g/mol. The molecular formula is C10H19NO3. The maximum Gasteiger partial charge on any atom is 0.225 e. The van der Waals surface area contributed by atoms with Crippen LogP contribution in [0.15, 0.2) is 0 Å². The van der Waals surface area contributed by atoms with Gasteiger partial charge in [0.05, 0.1) is 19.8 Å². The Balaban J connectivity index is 2.19. The van der Waals surface area contributed by atoms with Gasteiger partial charge in [0.25, 0.3) is 0 Å². The van der Waals surface area contributed by atoms with E-state index in [0.717, 1.165) is 19.4 Å². The minimum atomic E-state index is 0.0460. The van der Waals surface area contributed by atoms with Crippen LogP contribution in [-0.2, 0) is 9.53 Å². The predicted octanol–water partition coefficient (Wildman–Crippen LogP) is 0.254. The highest BCUT2D eigenvalue weighted by atomic mass is 16.5. The van der Waals surface area contributed by atoms with Crippen molar-refractivity contribution in [3.05, 3.63) is 0 Å². The first kappa shape index (κ1) is 11.5. The molecule has 0 spiro atoms. The highest BCUT2D eigenvalue weighted by molar-refractivity contribution is 5.79. The van der Waals surface area contributed by atoms with Crippen molar-refractivity contribution in [2.24, 2.45) is 5.92 Å². The molecule has 1 amide bonds. The van der Waals surface area contributed by atoms with Crippen LogP contribution in [0, 0.1) is 5.92 Å². The Labute approximate surface area is 84.8 Å². The summed E-state index contributed by atoms with van der Waals surface area (Å²) in [6, 6.07) is 0. The maximum atomic E-state index is 11.6. The highest BCUT2D eigenvalue weighted by Crippen LogP contribution is 2.16. The first-order chi connectivity index (χ1) is 6.75. The molecule has 0 saturated carbocycles. The van der Waals surface area contributed by atoms with E-state index in [1.807, 2.05) is 11.8 Å². The number of carbonyl (C=O) groups excluding carboxylic acids is 1. The average molecular weight is 201 g/mol. The van der Waals surface area contributed by atoms with Crippen molar-refractivity contribution in [3.63, 3.8) is 0 Å². The van der Waals surface area contributed by atoms with Crippen LogP contribution in [0.25, 0.3) is 0 Å². The second kappa shape index (κ2) is 5.98. The Morgan fingerprint density at radius 1 is 1.57 bits per heavy atom. The SMILES string of the molecule is CC1CCCN(CCOCCO)C1=O. The van der Waals surface area contributed by atoms with Crippen LogP contribution in [0.2, 0.25) is 0 Å². The molecule has 0 radical (unpaired) electrons. The van der Waals surface area contributed by atoms with E-state index in [4.69, 9.17) is 9.84 Å². The van der Waals surface area contributed by atoms with Gasteiger partial charge in [-0.2, -0.15) is 0 Å². The second-order valence-corrected chi connectivity index (χ2v) is 3.70. The number of ether oxygens (including phenoxy) is 1. The molecule has 0 aromatic heterocycles. The van der Waals surface area contributed by atoms with Gasteiger partial charge in [0, 0.05) is 19.0 Å². The van der Waals surface area contributed by atoms with E-state index in [0.29, 0.717) is 19.8 Å². The van der Waals surface area contributed by atoms with E-state index in [9.17, 15) is 4.79 Å². The summed E-state index contributed by atoms with van der Waals surface area (Å²) in [7, 11) is 0. The first-order valence-corrected chi connectivity index (χ1v) is 5.23. The molecule has 1 atom stereocenters. The van der Waals surface area contributed by atoms with Gasteiger partial charge >= 0.3 is 0 Å². The summed E-state index contributed by atoms with van der Waals surface area (Å²) >= 11 is 0. The molecule has 0 aromatic rings. The van der Waals surface area contributed by atoms with Crippen molar-refractivity contribution < 1.29 is 14.6 Å². The summed E-state index contributed by atoms with van der Waals surface area (Å²) in [6.07, 6.45) is 2.10. The van der Waals surface area contributed by atoms with Crippen molar-refractivity contribution in [1.82, 2.24) is 4.90 Å². The number of piperidine rings is 1. The molecule has 0 bridgehead atoms. The molecule has 0 aromatic carbocycles. The summed E-state index contributed by atoms with van der Waals surface area (Å²) in [5, 5.41) is 8.49. The smallest absolute Gasteiger partial charge is 0.225 e. The molecule has 82 valence electrons. The quantitative estimate of drug-likeness (QED) is 0.649. The monoisotopic (exact) mass is 201 g/mol. The molecule has 1 aliphatic heterocycles. The fourth-order valence-electron chi connectivity index (χ4n) is 1.70. The van der Waals surface area contributed by atoms with Crippen molar-refractivity contribution >= 4 is 5.91 Å². The Hall–Kier alpha value is -0.610. The zero-order chi connectivity index (χ0) is 10.4. The fourth-order valence-corrected chi connectivity index (χ4v) is 1.70. The Morgan fingerprint density at radius 2 is 2.36 bits per heavy atom. The molecule has 1 saturated heterocycles. The highest BCUT2D eigenvalue weighted by Gasteiger charge is 2.24. The largest absolute Gasteiger partial charge is 0.394 e. The first-order valence-electron chi connectivity index (χ1n) is 5.23. The Morgan fingerprint density at radius 3 is 3.07 bits per heavy atom. The minimum Gasteiger partial charge on any atom is -0.394 e. The van der Waals surface area contributed by atoms with Gasteiger partial charge in [-0.3, -0.25) is 4.79 Å². The minimum absolute atomic E-state index is 0.0460. The number of carbonyl (C=O) groups is 1. The van der Waals surface area contributed by atoms with Crippen LogP contribution < -0.4 is 0 Å². The molecule has 4 nitrogen and oxygen atoms in total. The lowest BCUT2D eigenvalue weighted by Gasteiger charge is -2.30. The Kier molecular flexibility index (Phi) is 4.90. The number of rotatable bonds is 5. The van der Waals surface area contributed by atoms with E-state index >= 15 is 0 Å². The number of nitrogens with zero attached hydrogens (tertiary/aromatic N) is 1. The maximum absolute atomic E-state index is 11.6. The van der Waals surface area contributed by atoms with Crippen LogP contribution >= 0.6 is 0 Å². The van der Waals surface area contributed by atoms with Crippen LogP contribution in [-0.4, -0.2) is 48.8 Å². The summed E-state index contributed by atoms with van der Waals surface area (Å²) < 4.78 is 5.13. The van der Waals surface area contributed by atoms with Gasteiger partial charge in [-0.15, -0.1) is 0 Å². The molecule has 1 unspecified atom stereocenters. The van der Waals surface area contributed by atoms with Crippen molar-refractivity contribution in [1.29, 1.82) is 0 Å². The number of likely N-dealkylation sites (tertiary alicyclic amines) is 1. The van der Waals surface area contributed by atoms with Crippen LogP contribution in [0.5, 0.6) is 0 Å². The van der Waals surface area contributed by atoms with E-state index in [1.165, 1.54) is 0 Å². The third-order valence-corrected chi connectivity index (χ3v) is 2.54. The molecule has 1 aliphatic rings. The number of aliphatic hydroxyl groups excluding tert-OH is 1. The number of hydrogen-bond donors (Lipinski definition) is 1. The number of hydrogen-bond acceptors (Lipinski definition) is 3. The van der Waals surface area contributed by atoms with Gasteiger partial charge in [-0.05, 0) is 12.8 Å². The summed E-state index contributed by atoms with van der Waals surface area (Å²) in [5.74, 6) is 0.408. The molecule has 1 fully saturated rings. The van der Waals surface area contributed by atoms with Crippen molar-refractivity contribution in [2.75, 3.05) is 32.9 Å². The van der Waals surface area contributed by atoms with Gasteiger partial charge in [0.1, 0.15) is 0 Å². The zero-order valence-corrected chi connectivity index (χ0v) is 8.74. The summed E-state index contributed by atoms with van der Waals surface area (Å²) in [6.45, 7) is 4.42. The Bertz CT molecular complexity index is 184. The van der Waals surface area contributed by atoms with Gasteiger partial charge in [0.15, 0.2) is 0 Å². The van der Waals surface area contributed by atoms with Crippen LogP contribution in [0.1, 0.15) is 19.8 Å². The fraction of sp³-hybridized carbons (Fsp3) is 0.900. The van der Waals surface area contributed by atoms with Gasteiger partial charge in [0.2, 0.25) is 5.91 Å². The topological polar surface area (TPSA) is 49.8 Å². The average Bonchev–Trinajstić information content (AvgIpc) is 2.19. The second-order valence-electron chi connectivity index (χ2n) is 3.70. The number of amides is 1. The van der Waals surface area contributed by atoms with Crippen molar-refractivity contribution in [2.45, 2.75) is 19.8 Å². The molecule has 14 heavy (non-hydrogen) atoms. The molecule has 1 heterocycles. The normalized spacial score (nSPS) is 22.9. The van der Waals surface area contributed by atoms with Gasteiger partial charge in [-0.1, -0.05) is 6.92 Å². The molecule has 1 rings (SSSR count). The zero-order valence-electron chi connectivity index (χ0n) is 8.74. The predicted molar refractivity (Wildman–Crippen MR) is 52.9 cm³/mol. The molecule has 4 heteroatoms. The van der Waals surface area contributed by atoms with E-state index in [1.54, 1.807) is 0 Å². The number of aliphatic hydroxyl groups is 1. The van der Waals surface area contributed by atoms with Crippen molar-refractivity contribution in [3.8, 4) is 0 Å². The lowest BCUT2D eigenvalue weighted by atomic mass is 9.99. The summed E-state index contributed by atoms with van der Waals surface area (Å²) in [4.78, 5) is 13.5. The lowest BCUT2D eigenvalue weighted by molar-refractivity contribution is -0.138. The standard InChI is InChI=1S/C10H19NO3/c1-9-3-2-4-11(10(9)13)5-7-14-8-6-12/h9,12H,2-8H2,1H3. The third-order valence-electron chi connectivity index (χ3n) is 2.54. The van der Waals surface area contributed by atoms with E-state index < -0.39 is 0 Å². The van der Waals surface area contributed by atoms with Crippen LogP contribution in [0.3, 0.4) is 0 Å². The van der Waals surface area contributed by atoms with E-state index in [2.05, 4.69) is 0 Å². The molecule has 1 N–H and O–H groups in total. The third kappa shape index (κ3) is 3.27. The van der Waals surface area contributed by atoms with E-state index in [-0.39, 0.29) is 18.4 Å². The van der Waals surface area contributed by atoms with Crippen LogP contribution in [0.4, 0.5) is 0 Å². The summed E-state index contributed by atoms with van der Waals surface area (Å²) in [5.41, 5.74) is 0. The molecule has 0 aliphatic carbocycles. The van der Waals surface area contributed by atoms with Gasteiger partial charge < -0.3 is 14.7 Å². The van der Waals surface area contributed by atoms with Gasteiger partial charge in [-0.25, -0.2) is 0 Å².